The fourth-order valence-electron chi connectivity index (χ4n) is 3.35. The van der Waals surface area contributed by atoms with Crippen LogP contribution in [0.3, 0.4) is 0 Å². The first-order valence-corrected chi connectivity index (χ1v) is 7.88. The average molecular weight is 224 g/mol. The molecule has 1 fully saturated rings. The lowest BCUT2D eigenvalue weighted by Gasteiger charge is -2.19. The first-order chi connectivity index (χ1) is 7.88. The molecule has 0 aromatic heterocycles. The summed E-state index contributed by atoms with van der Waals surface area (Å²) >= 11 is 0. The molecule has 0 heteroatoms. The topological polar surface area (TPSA) is 0 Å². The van der Waals surface area contributed by atoms with Gasteiger partial charge in [0.25, 0.3) is 0 Å². The van der Waals surface area contributed by atoms with Crippen LogP contribution in [0.15, 0.2) is 0 Å². The van der Waals surface area contributed by atoms with Crippen molar-refractivity contribution in [1.82, 2.24) is 0 Å². The van der Waals surface area contributed by atoms with Crippen LogP contribution < -0.4 is 0 Å². The molecule has 0 aromatic rings. The van der Waals surface area contributed by atoms with E-state index >= 15 is 0 Å². The van der Waals surface area contributed by atoms with Crippen molar-refractivity contribution in [2.24, 2.45) is 11.8 Å². The second-order valence-corrected chi connectivity index (χ2v) is 5.80. The molecule has 1 rings (SSSR count). The summed E-state index contributed by atoms with van der Waals surface area (Å²) in [6.07, 6.45) is 17.8. The Morgan fingerprint density at radius 1 is 0.688 bits per heavy atom. The van der Waals surface area contributed by atoms with Crippen LogP contribution in [0.4, 0.5) is 0 Å². The Kier molecular flexibility index (Phi) is 7.98. The number of unbranched alkanes of at least 4 members (excludes halogenated alkanes) is 5. The van der Waals surface area contributed by atoms with Gasteiger partial charge in [-0.1, -0.05) is 90.9 Å². The molecule has 1 aliphatic carbocycles. The predicted molar refractivity (Wildman–Crippen MR) is 73.7 cm³/mol. The van der Waals surface area contributed by atoms with Gasteiger partial charge in [0.1, 0.15) is 0 Å². The first-order valence-electron chi connectivity index (χ1n) is 7.88. The molecule has 1 aliphatic rings. The van der Waals surface area contributed by atoms with Gasteiger partial charge in [-0.15, -0.1) is 0 Å². The number of hydrogen-bond acceptors (Lipinski definition) is 0. The minimum absolute atomic E-state index is 1.10. The molecule has 0 aliphatic heterocycles. The summed E-state index contributed by atoms with van der Waals surface area (Å²) < 4.78 is 0. The second-order valence-electron chi connectivity index (χ2n) is 5.80. The maximum absolute atomic E-state index is 2.33. The fraction of sp³-hybridized carbons (Fsp3) is 1.00. The van der Waals surface area contributed by atoms with Crippen LogP contribution in [0, 0.1) is 11.8 Å². The van der Waals surface area contributed by atoms with Crippen molar-refractivity contribution in [2.75, 3.05) is 0 Å². The number of hydrogen-bond donors (Lipinski definition) is 0. The van der Waals surface area contributed by atoms with Crippen LogP contribution in [0.25, 0.3) is 0 Å². The van der Waals surface area contributed by atoms with Crippen LogP contribution in [0.2, 0.25) is 0 Å². The quantitative estimate of drug-likeness (QED) is 0.424. The molecule has 0 heterocycles. The van der Waals surface area contributed by atoms with Crippen molar-refractivity contribution in [2.45, 2.75) is 90.9 Å². The van der Waals surface area contributed by atoms with Crippen molar-refractivity contribution in [3.63, 3.8) is 0 Å². The summed E-state index contributed by atoms with van der Waals surface area (Å²) in [5, 5.41) is 0. The highest BCUT2D eigenvalue weighted by atomic mass is 14.3. The summed E-state index contributed by atoms with van der Waals surface area (Å²) in [5.74, 6) is 2.21. The smallest absolute Gasteiger partial charge is 0.0386 e. The van der Waals surface area contributed by atoms with Crippen molar-refractivity contribution in [3.8, 4) is 0 Å². The van der Waals surface area contributed by atoms with Gasteiger partial charge in [-0.2, -0.15) is 0 Å². The zero-order valence-electron chi connectivity index (χ0n) is 11.6. The predicted octanol–water partition coefficient (Wildman–Crippen LogP) is 5.95. The van der Waals surface area contributed by atoms with Crippen molar-refractivity contribution in [3.05, 3.63) is 0 Å². The van der Waals surface area contributed by atoms with Crippen molar-refractivity contribution in [1.29, 1.82) is 0 Å². The molecule has 0 amide bonds. The second kappa shape index (κ2) is 9.07. The Hall–Kier alpha value is 0. The fourth-order valence-corrected chi connectivity index (χ4v) is 3.35. The van der Waals surface area contributed by atoms with Crippen LogP contribution in [-0.4, -0.2) is 0 Å². The van der Waals surface area contributed by atoms with Gasteiger partial charge in [0.15, 0.2) is 0 Å². The normalized spacial score (nSPS) is 25.1. The summed E-state index contributed by atoms with van der Waals surface area (Å²) in [4.78, 5) is 0. The molecule has 0 radical (unpaired) electrons. The van der Waals surface area contributed by atoms with E-state index in [0.717, 1.165) is 11.8 Å². The monoisotopic (exact) mass is 224 g/mol. The minimum Gasteiger partial charge on any atom is -0.0654 e. The van der Waals surface area contributed by atoms with Gasteiger partial charge < -0.3 is 0 Å². The SMILES string of the molecule is CCCCCCCC1CCCC1CCCC. The standard InChI is InChI=1S/C16H32/c1-3-5-7-8-9-12-16-14-10-13-15(16)11-6-4-2/h15-16H,3-14H2,1-2H3. The van der Waals surface area contributed by atoms with E-state index < -0.39 is 0 Å². The summed E-state index contributed by atoms with van der Waals surface area (Å²) in [6, 6.07) is 0. The molecule has 96 valence electrons. The lowest BCUT2D eigenvalue weighted by molar-refractivity contribution is 0.325. The molecule has 0 bridgehead atoms. The summed E-state index contributed by atoms with van der Waals surface area (Å²) in [7, 11) is 0. The van der Waals surface area contributed by atoms with Gasteiger partial charge >= 0.3 is 0 Å². The van der Waals surface area contributed by atoms with E-state index in [0.29, 0.717) is 0 Å². The van der Waals surface area contributed by atoms with Crippen molar-refractivity contribution >= 4 is 0 Å². The molecule has 0 nitrogen and oxygen atoms in total. The molecule has 2 unspecified atom stereocenters. The highest BCUT2D eigenvalue weighted by Crippen LogP contribution is 2.38. The summed E-state index contributed by atoms with van der Waals surface area (Å²) in [6.45, 7) is 4.63. The third-order valence-electron chi connectivity index (χ3n) is 4.42. The lowest BCUT2D eigenvalue weighted by Crippen LogP contribution is -2.07. The first kappa shape index (κ1) is 14.1. The van der Waals surface area contributed by atoms with E-state index in [1.165, 1.54) is 64.2 Å². The molecular formula is C16H32. The largest absolute Gasteiger partial charge is 0.0654 e. The van der Waals surface area contributed by atoms with Crippen LogP contribution in [-0.2, 0) is 0 Å². The van der Waals surface area contributed by atoms with Crippen molar-refractivity contribution < 1.29 is 0 Å². The number of rotatable bonds is 9. The molecule has 0 saturated heterocycles. The maximum Gasteiger partial charge on any atom is -0.0386 e. The highest BCUT2D eigenvalue weighted by molar-refractivity contribution is 4.77. The van der Waals surface area contributed by atoms with Gasteiger partial charge in [0.2, 0.25) is 0 Å². The Balaban J connectivity index is 2.05. The Bertz CT molecular complexity index is 150. The van der Waals surface area contributed by atoms with Crippen LogP contribution in [0.5, 0.6) is 0 Å². The summed E-state index contributed by atoms with van der Waals surface area (Å²) in [5.41, 5.74) is 0. The maximum atomic E-state index is 2.33. The van der Waals surface area contributed by atoms with Crippen LogP contribution >= 0.6 is 0 Å². The molecule has 16 heavy (non-hydrogen) atoms. The van der Waals surface area contributed by atoms with E-state index in [1.54, 1.807) is 12.8 Å². The van der Waals surface area contributed by atoms with Gasteiger partial charge in [-0.3, -0.25) is 0 Å². The Labute approximate surface area is 103 Å². The highest BCUT2D eigenvalue weighted by Gasteiger charge is 2.25. The molecule has 1 saturated carbocycles. The van der Waals surface area contributed by atoms with Gasteiger partial charge in [-0.25, -0.2) is 0 Å². The van der Waals surface area contributed by atoms with Gasteiger partial charge in [0.05, 0.1) is 0 Å². The zero-order valence-corrected chi connectivity index (χ0v) is 11.6. The molecule has 2 atom stereocenters. The van der Waals surface area contributed by atoms with Crippen LogP contribution in [0.1, 0.15) is 90.9 Å². The van der Waals surface area contributed by atoms with Gasteiger partial charge in [-0.05, 0) is 11.8 Å². The third-order valence-corrected chi connectivity index (χ3v) is 4.42. The molecular weight excluding hydrogens is 192 g/mol. The lowest BCUT2D eigenvalue weighted by atomic mass is 9.87. The van der Waals surface area contributed by atoms with E-state index in [2.05, 4.69) is 13.8 Å². The average Bonchev–Trinajstić information content (AvgIpc) is 2.74. The minimum atomic E-state index is 1.10. The Morgan fingerprint density at radius 3 is 1.88 bits per heavy atom. The van der Waals surface area contributed by atoms with E-state index in [4.69, 9.17) is 0 Å². The molecule has 0 N–H and O–H groups in total. The molecule has 0 spiro atoms. The Morgan fingerprint density at radius 2 is 1.25 bits per heavy atom. The van der Waals surface area contributed by atoms with Gasteiger partial charge in [0, 0.05) is 0 Å². The van der Waals surface area contributed by atoms with E-state index in [1.807, 2.05) is 0 Å². The third kappa shape index (κ3) is 5.37. The zero-order chi connectivity index (χ0) is 11.6. The van der Waals surface area contributed by atoms with E-state index in [-0.39, 0.29) is 0 Å². The van der Waals surface area contributed by atoms with E-state index in [9.17, 15) is 0 Å². The molecule has 0 aromatic carbocycles.